The number of methoxy groups -OCH3 is 2. The molecule has 1 saturated carbocycles. The molecule has 4 aromatic carbocycles. The average molecular weight is 536 g/mol. The summed E-state index contributed by atoms with van der Waals surface area (Å²) in [6, 6.07) is 31.0. The Morgan fingerprint density at radius 1 is 0.775 bits per heavy atom. The predicted octanol–water partition coefficient (Wildman–Crippen LogP) is 5.27. The highest BCUT2D eigenvalue weighted by Crippen LogP contribution is 2.61. The zero-order valence-corrected chi connectivity index (χ0v) is 22.1. The number of para-hydroxylation sites is 2. The molecule has 0 saturated heterocycles. The number of nitrogens with zero attached hydrogens (tertiary/aromatic N) is 1. The normalized spacial score (nSPS) is 19.8. The van der Waals surface area contributed by atoms with Crippen LogP contribution in [0.4, 0.5) is 0 Å². The average Bonchev–Trinajstić information content (AvgIpc) is 2.97. The van der Waals surface area contributed by atoms with Gasteiger partial charge < -0.3 is 24.4 Å². The fraction of sp³-hybridized carbons (Fsp3) is 0.212. The molecule has 4 aromatic rings. The third-order valence-electron chi connectivity index (χ3n) is 7.62. The van der Waals surface area contributed by atoms with Gasteiger partial charge in [0.15, 0.2) is 6.29 Å². The summed E-state index contributed by atoms with van der Waals surface area (Å²) in [6.07, 6.45) is -1.70. The van der Waals surface area contributed by atoms with E-state index in [9.17, 15) is 15.0 Å². The summed E-state index contributed by atoms with van der Waals surface area (Å²) in [4.78, 5) is 14.0. The first kappa shape index (κ1) is 26.9. The van der Waals surface area contributed by atoms with Crippen LogP contribution in [0.1, 0.15) is 28.5 Å². The zero-order chi connectivity index (χ0) is 28.2. The van der Waals surface area contributed by atoms with Crippen molar-refractivity contribution in [2.75, 3.05) is 14.2 Å². The van der Waals surface area contributed by atoms with E-state index >= 15 is 0 Å². The van der Waals surface area contributed by atoms with Crippen molar-refractivity contribution in [3.63, 3.8) is 0 Å². The Balaban J connectivity index is 1.53. The van der Waals surface area contributed by atoms with Crippen LogP contribution in [0.15, 0.2) is 97.1 Å². The van der Waals surface area contributed by atoms with E-state index in [0.29, 0.717) is 33.9 Å². The van der Waals surface area contributed by atoms with E-state index in [1.54, 1.807) is 56.7 Å². The molecule has 0 aliphatic heterocycles. The van der Waals surface area contributed by atoms with Crippen LogP contribution in [-0.4, -0.2) is 36.7 Å². The van der Waals surface area contributed by atoms with Crippen molar-refractivity contribution in [1.82, 2.24) is 0 Å². The Morgan fingerprint density at radius 2 is 1.35 bits per heavy atom. The summed E-state index contributed by atoms with van der Waals surface area (Å²) in [6.45, 7) is 0. The van der Waals surface area contributed by atoms with Gasteiger partial charge in [0, 0.05) is 17.8 Å². The molecule has 4 atom stereocenters. The highest BCUT2D eigenvalue weighted by Gasteiger charge is 2.59. The van der Waals surface area contributed by atoms with Crippen molar-refractivity contribution in [1.29, 1.82) is 5.26 Å². The van der Waals surface area contributed by atoms with Gasteiger partial charge in [0.05, 0.1) is 31.8 Å². The molecule has 1 aliphatic rings. The number of esters is 1. The maximum absolute atomic E-state index is 14.0. The number of carbonyl (C=O) groups is 1. The van der Waals surface area contributed by atoms with E-state index in [1.165, 1.54) is 0 Å². The molecule has 0 spiro atoms. The van der Waals surface area contributed by atoms with Gasteiger partial charge >= 0.3 is 5.97 Å². The van der Waals surface area contributed by atoms with Crippen molar-refractivity contribution >= 4 is 5.97 Å². The number of hydrogen-bond donors (Lipinski definition) is 2. The van der Waals surface area contributed by atoms with Crippen LogP contribution in [0.5, 0.6) is 17.2 Å². The van der Waals surface area contributed by atoms with Gasteiger partial charge in [-0.15, -0.1) is 0 Å². The summed E-state index contributed by atoms with van der Waals surface area (Å²) < 4.78 is 17.1. The molecule has 3 unspecified atom stereocenters. The van der Waals surface area contributed by atoms with E-state index in [2.05, 4.69) is 6.07 Å². The molecule has 202 valence electrons. The SMILES string of the molecule is COc1ccccc1C1C(C(=O)Oc2cccc(-c3ccc(C#N)cc3)c2)[C@H](c2ccccc2OC)C1C(O)O. The highest BCUT2D eigenvalue weighted by atomic mass is 16.5. The highest BCUT2D eigenvalue weighted by molar-refractivity contribution is 5.81. The van der Waals surface area contributed by atoms with Crippen LogP contribution in [-0.2, 0) is 4.79 Å². The molecule has 2 N–H and O–H groups in total. The second-order valence-electron chi connectivity index (χ2n) is 9.69. The van der Waals surface area contributed by atoms with E-state index in [-0.39, 0.29) is 0 Å². The molecule has 1 fully saturated rings. The summed E-state index contributed by atoms with van der Waals surface area (Å²) >= 11 is 0. The first-order chi connectivity index (χ1) is 19.5. The topological polar surface area (TPSA) is 109 Å². The zero-order valence-electron chi connectivity index (χ0n) is 22.1. The minimum Gasteiger partial charge on any atom is -0.496 e. The third kappa shape index (κ3) is 5.03. The van der Waals surface area contributed by atoms with Crippen LogP contribution in [0, 0.1) is 23.2 Å². The van der Waals surface area contributed by atoms with Gasteiger partial charge in [-0.2, -0.15) is 5.26 Å². The summed E-state index contributed by atoms with van der Waals surface area (Å²) in [7, 11) is 3.09. The van der Waals surface area contributed by atoms with Gasteiger partial charge in [0.2, 0.25) is 0 Å². The number of aliphatic hydroxyl groups excluding tert-OH is 1. The largest absolute Gasteiger partial charge is 0.496 e. The molecule has 0 aromatic heterocycles. The molecular formula is C33H29NO6. The molecule has 1 aliphatic carbocycles. The molecular weight excluding hydrogens is 506 g/mol. The Kier molecular flexibility index (Phi) is 7.83. The molecule has 0 heterocycles. The maximum atomic E-state index is 14.0. The number of hydrogen-bond acceptors (Lipinski definition) is 7. The maximum Gasteiger partial charge on any atom is 0.315 e. The summed E-state index contributed by atoms with van der Waals surface area (Å²) in [5, 5.41) is 30.2. The number of aliphatic hydroxyl groups is 2. The van der Waals surface area contributed by atoms with Crippen molar-refractivity contribution in [2.24, 2.45) is 11.8 Å². The fourth-order valence-electron chi connectivity index (χ4n) is 5.79. The smallest absolute Gasteiger partial charge is 0.315 e. The lowest BCUT2D eigenvalue weighted by Gasteiger charge is -2.52. The van der Waals surface area contributed by atoms with E-state index < -0.39 is 35.9 Å². The van der Waals surface area contributed by atoms with E-state index in [0.717, 1.165) is 11.1 Å². The Bertz CT molecular complexity index is 1490. The number of carbonyl (C=O) groups excluding carboxylic acids is 1. The number of nitriles is 1. The molecule has 0 radical (unpaired) electrons. The minimum absolute atomic E-state index is 0.359. The minimum atomic E-state index is -1.70. The van der Waals surface area contributed by atoms with Crippen LogP contribution < -0.4 is 14.2 Å². The first-order valence-electron chi connectivity index (χ1n) is 12.9. The summed E-state index contributed by atoms with van der Waals surface area (Å²) in [5.41, 5.74) is 3.66. The monoisotopic (exact) mass is 535 g/mol. The number of rotatable bonds is 8. The summed E-state index contributed by atoms with van der Waals surface area (Å²) in [5.74, 6) is -1.67. The number of benzene rings is 4. The van der Waals surface area contributed by atoms with Gasteiger partial charge in [0.25, 0.3) is 0 Å². The molecule has 0 amide bonds. The van der Waals surface area contributed by atoms with Gasteiger partial charge in [-0.3, -0.25) is 4.79 Å². The molecule has 40 heavy (non-hydrogen) atoms. The van der Waals surface area contributed by atoms with Crippen molar-refractivity contribution in [3.05, 3.63) is 114 Å². The third-order valence-corrected chi connectivity index (χ3v) is 7.62. The Morgan fingerprint density at radius 3 is 1.88 bits per heavy atom. The lowest BCUT2D eigenvalue weighted by atomic mass is 9.52. The molecule has 7 heteroatoms. The lowest BCUT2D eigenvalue weighted by molar-refractivity contribution is -0.168. The van der Waals surface area contributed by atoms with Gasteiger partial charge in [-0.05, 0) is 58.7 Å². The van der Waals surface area contributed by atoms with Gasteiger partial charge in [0.1, 0.15) is 17.2 Å². The lowest BCUT2D eigenvalue weighted by Crippen LogP contribution is -2.53. The van der Waals surface area contributed by atoms with Crippen molar-refractivity contribution in [3.8, 4) is 34.4 Å². The van der Waals surface area contributed by atoms with Crippen LogP contribution >= 0.6 is 0 Å². The van der Waals surface area contributed by atoms with Crippen molar-refractivity contribution in [2.45, 2.75) is 18.1 Å². The Labute approximate surface area is 232 Å². The van der Waals surface area contributed by atoms with E-state index in [1.807, 2.05) is 54.6 Å². The predicted molar refractivity (Wildman–Crippen MR) is 149 cm³/mol. The standard InChI is InChI=1S/C33H29NO6/c1-38-26-12-5-3-10-24(26)28-30(32(35)36)29(25-11-4-6-13-27(25)39-2)31(28)33(37)40-23-9-7-8-22(18-23)21-16-14-20(19-34)15-17-21/h3-18,28-32,35-36H,1-2H3/t28-,29?,30?,31?/m1/s1. The second kappa shape index (κ2) is 11.6. The van der Waals surface area contributed by atoms with Gasteiger partial charge in [-0.1, -0.05) is 60.7 Å². The second-order valence-corrected chi connectivity index (χ2v) is 9.69. The van der Waals surface area contributed by atoms with E-state index in [4.69, 9.17) is 19.5 Å². The molecule has 0 bridgehead atoms. The Hall–Kier alpha value is -4.64. The van der Waals surface area contributed by atoms with Crippen LogP contribution in [0.25, 0.3) is 11.1 Å². The van der Waals surface area contributed by atoms with Gasteiger partial charge in [-0.25, -0.2) is 0 Å². The fourth-order valence-corrected chi connectivity index (χ4v) is 5.79. The molecule has 7 nitrogen and oxygen atoms in total. The molecule has 5 rings (SSSR count). The quantitative estimate of drug-likeness (QED) is 0.180. The van der Waals surface area contributed by atoms with Crippen molar-refractivity contribution < 1.29 is 29.2 Å². The number of ether oxygens (including phenoxy) is 3. The first-order valence-corrected chi connectivity index (χ1v) is 12.9. The van der Waals surface area contributed by atoms with Crippen LogP contribution in [0.2, 0.25) is 0 Å². The van der Waals surface area contributed by atoms with Crippen LogP contribution in [0.3, 0.4) is 0 Å².